The lowest BCUT2D eigenvalue weighted by Crippen LogP contribution is -2.25. The molecule has 0 aromatic carbocycles. The van der Waals surface area contributed by atoms with Gasteiger partial charge in [-0.3, -0.25) is 4.79 Å². The highest BCUT2D eigenvalue weighted by molar-refractivity contribution is 7.89. The van der Waals surface area contributed by atoms with Gasteiger partial charge in [0.1, 0.15) is 0 Å². The Morgan fingerprint density at radius 2 is 2.29 bits per heavy atom. The van der Waals surface area contributed by atoms with Crippen molar-refractivity contribution in [1.82, 2.24) is 14.3 Å². The van der Waals surface area contributed by atoms with Crippen molar-refractivity contribution >= 4 is 16.0 Å². The summed E-state index contributed by atoms with van der Waals surface area (Å²) in [7, 11) is -0.602. The van der Waals surface area contributed by atoms with Gasteiger partial charge < -0.3 is 9.30 Å². The maximum Gasteiger partial charge on any atom is 0.305 e. The molecular formula is C9H15N3O4S. The highest BCUT2D eigenvalue weighted by Crippen LogP contribution is 2.03. The summed E-state index contributed by atoms with van der Waals surface area (Å²) < 4.78 is 31.7. The highest BCUT2D eigenvalue weighted by atomic mass is 32.2. The van der Waals surface area contributed by atoms with Gasteiger partial charge in [-0.05, 0) is 6.42 Å². The third-order valence-corrected chi connectivity index (χ3v) is 3.38. The van der Waals surface area contributed by atoms with Crippen molar-refractivity contribution in [2.75, 3.05) is 13.7 Å². The minimum atomic E-state index is -3.58. The molecule has 1 rings (SSSR count). The van der Waals surface area contributed by atoms with Crippen LogP contribution < -0.4 is 4.72 Å². The molecule has 0 spiro atoms. The molecule has 17 heavy (non-hydrogen) atoms. The van der Waals surface area contributed by atoms with Crippen molar-refractivity contribution in [1.29, 1.82) is 0 Å². The highest BCUT2D eigenvalue weighted by Gasteiger charge is 2.16. The predicted molar refractivity (Wildman–Crippen MR) is 59.6 cm³/mol. The zero-order chi connectivity index (χ0) is 12.9. The van der Waals surface area contributed by atoms with E-state index in [0.717, 1.165) is 0 Å². The van der Waals surface area contributed by atoms with E-state index in [1.54, 1.807) is 11.6 Å². The first-order valence-corrected chi connectivity index (χ1v) is 6.48. The van der Waals surface area contributed by atoms with Crippen molar-refractivity contribution in [2.45, 2.75) is 17.9 Å². The lowest BCUT2D eigenvalue weighted by molar-refractivity contribution is -0.140. The van der Waals surface area contributed by atoms with Crippen molar-refractivity contribution in [3.63, 3.8) is 0 Å². The summed E-state index contributed by atoms with van der Waals surface area (Å²) in [6.45, 7) is 0.175. The van der Waals surface area contributed by atoms with Gasteiger partial charge in [0, 0.05) is 26.2 Å². The van der Waals surface area contributed by atoms with Crippen LogP contribution >= 0.6 is 0 Å². The Balaban J connectivity index is 2.43. The number of ether oxygens (including phenoxy) is 1. The molecule has 0 fully saturated rings. The monoisotopic (exact) mass is 261 g/mol. The van der Waals surface area contributed by atoms with Gasteiger partial charge >= 0.3 is 5.97 Å². The Morgan fingerprint density at radius 3 is 2.82 bits per heavy atom. The minimum absolute atomic E-state index is 0.0296. The minimum Gasteiger partial charge on any atom is -0.469 e. The molecule has 0 unspecified atom stereocenters. The summed E-state index contributed by atoms with van der Waals surface area (Å²) in [6.07, 6.45) is 3.38. The number of hydrogen-bond acceptors (Lipinski definition) is 5. The van der Waals surface area contributed by atoms with E-state index in [-0.39, 0.29) is 24.0 Å². The molecule has 1 N–H and O–H groups in total. The number of sulfonamides is 1. The van der Waals surface area contributed by atoms with Crippen LogP contribution in [0.4, 0.5) is 0 Å². The Bertz CT molecular complexity index is 480. The summed E-state index contributed by atoms with van der Waals surface area (Å²) in [5.41, 5.74) is 0. The second kappa shape index (κ2) is 5.78. The number of methoxy groups -OCH3 is 1. The number of aromatic nitrogens is 2. The first kappa shape index (κ1) is 13.7. The zero-order valence-corrected chi connectivity index (χ0v) is 10.5. The quantitative estimate of drug-likeness (QED) is 0.558. The van der Waals surface area contributed by atoms with Gasteiger partial charge in [-0.2, -0.15) is 0 Å². The van der Waals surface area contributed by atoms with Gasteiger partial charge in [0.15, 0.2) is 5.03 Å². The molecule has 0 aliphatic heterocycles. The number of hydrogen-bond donors (Lipinski definition) is 1. The van der Waals surface area contributed by atoms with E-state index in [9.17, 15) is 13.2 Å². The van der Waals surface area contributed by atoms with Crippen LogP contribution in [0, 0.1) is 0 Å². The SMILES string of the molecule is COC(=O)CCCNS(=O)(=O)c1cn(C)cn1. The Morgan fingerprint density at radius 1 is 1.59 bits per heavy atom. The van der Waals surface area contributed by atoms with Gasteiger partial charge in [-0.25, -0.2) is 18.1 Å². The fourth-order valence-corrected chi connectivity index (χ4v) is 2.19. The number of esters is 1. The van der Waals surface area contributed by atoms with E-state index in [0.29, 0.717) is 6.42 Å². The van der Waals surface area contributed by atoms with Gasteiger partial charge in [0.2, 0.25) is 0 Å². The van der Waals surface area contributed by atoms with Crippen LogP contribution in [0.2, 0.25) is 0 Å². The Kier molecular flexibility index (Phi) is 4.64. The third kappa shape index (κ3) is 4.16. The Labute approximate surface area is 99.8 Å². The van der Waals surface area contributed by atoms with Gasteiger partial charge in [0.05, 0.1) is 13.4 Å². The maximum atomic E-state index is 11.7. The van der Waals surface area contributed by atoms with Crippen LogP contribution in [-0.2, 0) is 26.6 Å². The molecule has 0 aliphatic rings. The molecule has 0 radical (unpaired) electrons. The second-order valence-electron chi connectivity index (χ2n) is 3.45. The lowest BCUT2D eigenvalue weighted by Gasteiger charge is -2.03. The average molecular weight is 261 g/mol. The van der Waals surface area contributed by atoms with E-state index in [1.807, 2.05) is 0 Å². The van der Waals surface area contributed by atoms with Crippen LogP contribution in [0.5, 0.6) is 0 Å². The molecule has 0 saturated heterocycles. The molecule has 0 aliphatic carbocycles. The first-order chi connectivity index (χ1) is 7.95. The Hall–Kier alpha value is -1.41. The third-order valence-electron chi connectivity index (χ3n) is 2.03. The molecule has 0 atom stereocenters. The topological polar surface area (TPSA) is 90.3 Å². The molecule has 1 aromatic heterocycles. The smallest absolute Gasteiger partial charge is 0.305 e. The normalized spacial score (nSPS) is 11.4. The van der Waals surface area contributed by atoms with Crippen LogP contribution in [-0.4, -0.2) is 37.6 Å². The van der Waals surface area contributed by atoms with E-state index in [2.05, 4.69) is 14.4 Å². The molecule has 0 amide bonds. The number of nitrogens with zero attached hydrogens (tertiary/aromatic N) is 2. The van der Waals surface area contributed by atoms with Gasteiger partial charge in [-0.1, -0.05) is 0 Å². The largest absolute Gasteiger partial charge is 0.469 e. The molecular weight excluding hydrogens is 246 g/mol. The van der Waals surface area contributed by atoms with Crippen LogP contribution in [0.25, 0.3) is 0 Å². The van der Waals surface area contributed by atoms with E-state index in [1.165, 1.54) is 19.6 Å². The summed E-state index contributed by atoms with van der Waals surface area (Å²) in [4.78, 5) is 14.5. The molecule has 96 valence electrons. The lowest BCUT2D eigenvalue weighted by atomic mass is 10.3. The number of imidazole rings is 1. The second-order valence-corrected chi connectivity index (χ2v) is 5.17. The predicted octanol–water partition coefficient (Wildman–Crippen LogP) is -0.348. The molecule has 1 heterocycles. The molecule has 0 bridgehead atoms. The van der Waals surface area contributed by atoms with Crippen LogP contribution in [0.15, 0.2) is 17.6 Å². The summed E-state index contributed by atoms with van der Waals surface area (Å²) in [5, 5.41) is -0.0296. The maximum absolute atomic E-state index is 11.7. The van der Waals surface area contributed by atoms with Crippen molar-refractivity contribution < 1.29 is 17.9 Å². The van der Waals surface area contributed by atoms with E-state index in [4.69, 9.17) is 0 Å². The molecule has 8 heteroatoms. The summed E-state index contributed by atoms with van der Waals surface area (Å²) in [6, 6.07) is 0. The fraction of sp³-hybridized carbons (Fsp3) is 0.556. The van der Waals surface area contributed by atoms with Gasteiger partial charge in [-0.15, -0.1) is 0 Å². The van der Waals surface area contributed by atoms with Crippen molar-refractivity contribution in [3.8, 4) is 0 Å². The van der Waals surface area contributed by atoms with E-state index < -0.39 is 10.0 Å². The van der Waals surface area contributed by atoms with Crippen LogP contribution in [0.1, 0.15) is 12.8 Å². The fourth-order valence-electron chi connectivity index (χ4n) is 1.14. The molecule has 7 nitrogen and oxygen atoms in total. The zero-order valence-electron chi connectivity index (χ0n) is 9.71. The molecule has 0 saturated carbocycles. The van der Waals surface area contributed by atoms with E-state index >= 15 is 0 Å². The summed E-state index contributed by atoms with van der Waals surface area (Å²) >= 11 is 0. The first-order valence-electron chi connectivity index (χ1n) is 5.00. The summed E-state index contributed by atoms with van der Waals surface area (Å²) in [5.74, 6) is -0.359. The number of rotatable bonds is 6. The average Bonchev–Trinajstić information content (AvgIpc) is 2.71. The van der Waals surface area contributed by atoms with Crippen molar-refractivity contribution in [3.05, 3.63) is 12.5 Å². The van der Waals surface area contributed by atoms with Crippen LogP contribution in [0.3, 0.4) is 0 Å². The number of carbonyl (C=O) groups excluding carboxylic acids is 1. The standard InChI is InChI=1S/C9H15N3O4S/c1-12-6-8(10-7-12)17(14,15)11-5-3-4-9(13)16-2/h6-7,11H,3-5H2,1-2H3. The number of carbonyl (C=O) groups is 1. The van der Waals surface area contributed by atoms with Crippen molar-refractivity contribution in [2.24, 2.45) is 7.05 Å². The molecule has 1 aromatic rings. The number of aryl methyl sites for hydroxylation is 1. The number of nitrogens with one attached hydrogen (secondary N) is 1. The van der Waals surface area contributed by atoms with Gasteiger partial charge in [0.25, 0.3) is 10.0 Å².